The number of benzene rings is 2. The molecule has 2 heterocycles. The fourth-order valence-corrected chi connectivity index (χ4v) is 4.62. The predicted octanol–water partition coefficient (Wildman–Crippen LogP) is 5.84. The van der Waals surface area contributed by atoms with Gasteiger partial charge in [-0.2, -0.15) is 0 Å². The molecule has 38 heavy (non-hydrogen) atoms. The van der Waals surface area contributed by atoms with Crippen LogP contribution in [0, 0.1) is 0 Å². The first-order valence-corrected chi connectivity index (χ1v) is 12.7. The summed E-state index contributed by atoms with van der Waals surface area (Å²) in [6, 6.07) is 16.6. The molecule has 1 aliphatic carbocycles. The molecule has 9 nitrogen and oxygen atoms in total. The molecule has 2 atom stereocenters. The number of H-pyrrole nitrogens is 1. The van der Waals surface area contributed by atoms with Crippen LogP contribution in [0.2, 0.25) is 0 Å². The van der Waals surface area contributed by atoms with E-state index in [0.717, 1.165) is 25.0 Å². The minimum Gasteiger partial charge on any atom is -0.457 e. The first-order chi connectivity index (χ1) is 18.2. The molecule has 0 radical (unpaired) electrons. The number of para-hydroxylation sites is 1. The minimum absolute atomic E-state index is 0.00336. The third-order valence-corrected chi connectivity index (χ3v) is 6.30. The van der Waals surface area contributed by atoms with Crippen molar-refractivity contribution in [1.29, 1.82) is 0 Å². The Kier molecular flexibility index (Phi) is 7.00. The largest absolute Gasteiger partial charge is 0.457 e. The molecule has 9 heteroatoms. The van der Waals surface area contributed by atoms with Gasteiger partial charge in [-0.25, -0.2) is 14.8 Å². The van der Waals surface area contributed by atoms with Crippen molar-refractivity contribution < 1.29 is 19.1 Å². The standard InChI is InChI=1S/C29H31N5O4/c1-29(2,3)38-28(36)34-20-12-11-19(15-20)33-27-24-23(16-30-26(24)31-17-32-27)25(35)18-9-13-22(14-10-18)37-21-7-5-4-6-8-21/h4-10,13-14,16-17,19-20H,11-12,15H2,1-3H3,(H,34,36)(H2,30,31,32,33)/t19-,20-/m0/s1. The molecule has 196 valence electrons. The lowest BCUT2D eigenvalue weighted by Crippen LogP contribution is -2.38. The molecule has 2 aromatic heterocycles. The number of ether oxygens (including phenoxy) is 2. The monoisotopic (exact) mass is 513 g/mol. The molecule has 2 aromatic carbocycles. The summed E-state index contributed by atoms with van der Waals surface area (Å²) >= 11 is 0. The lowest BCUT2D eigenvalue weighted by molar-refractivity contribution is 0.0505. The van der Waals surface area contributed by atoms with Crippen molar-refractivity contribution in [2.45, 2.75) is 57.7 Å². The summed E-state index contributed by atoms with van der Waals surface area (Å²) in [6.45, 7) is 5.53. The zero-order valence-corrected chi connectivity index (χ0v) is 21.7. The van der Waals surface area contributed by atoms with E-state index >= 15 is 0 Å². The Labute approximate surface area is 221 Å². The van der Waals surface area contributed by atoms with Crippen LogP contribution in [0.1, 0.15) is 56.0 Å². The van der Waals surface area contributed by atoms with Gasteiger partial charge in [0.25, 0.3) is 0 Å². The quantitative estimate of drug-likeness (QED) is 0.266. The van der Waals surface area contributed by atoms with Gasteiger partial charge < -0.3 is 25.1 Å². The van der Waals surface area contributed by atoms with Gasteiger partial charge in [-0.1, -0.05) is 18.2 Å². The SMILES string of the molecule is CC(C)(C)OC(=O)N[C@H]1CC[C@H](Nc2ncnc3[nH]cc(C(=O)c4ccc(Oc5ccccc5)cc4)c23)C1. The van der Waals surface area contributed by atoms with Crippen LogP contribution in [0.4, 0.5) is 10.6 Å². The van der Waals surface area contributed by atoms with Gasteiger partial charge >= 0.3 is 6.09 Å². The van der Waals surface area contributed by atoms with E-state index in [9.17, 15) is 9.59 Å². The number of rotatable bonds is 7. The molecule has 0 aliphatic heterocycles. The number of carbonyl (C=O) groups is 2. The fourth-order valence-electron chi connectivity index (χ4n) is 4.62. The summed E-state index contributed by atoms with van der Waals surface area (Å²) in [6.07, 6.45) is 5.12. The van der Waals surface area contributed by atoms with Crippen molar-refractivity contribution in [3.05, 3.63) is 78.2 Å². The van der Waals surface area contributed by atoms with Crippen LogP contribution in [-0.2, 0) is 4.74 Å². The third-order valence-electron chi connectivity index (χ3n) is 6.30. The van der Waals surface area contributed by atoms with Gasteiger partial charge in [0, 0.05) is 23.8 Å². The zero-order valence-electron chi connectivity index (χ0n) is 21.7. The zero-order chi connectivity index (χ0) is 26.7. The Morgan fingerprint density at radius 2 is 1.66 bits per heavy atom. The molecule has 0 saturated heterocycles. The lowest BCUT2D eigenvalue weighted by atomic mass is 10.0. The second-order valence-corrected chi connectivity index (χ2v) is 10.4. The molecule has 1 amide bonds. The Morgan fingerprint density at radius 1 is 0.947 bits per heavy atom. The first kappa shape index (κ1) is 25.3. The molecule has 5 rings (SSSR count). The number of nitrogens with zero attached hydrogens (tertiary/aromatic N) is 2. The van der Waals surface area contributed by atoms with Crippen LogP contribution in [0.25, 0.3) is 11.0 Å². The second-order valence-electron chi connectivity index (χ2n) is 10.4. The normalized spacial score (nSPS) is 17.2. The topological polar surface area (TPSA) is 118 Å². The Hall–Kier alpha value is -4.40. The third kappa shape index (κ3) is 5.94. The van der Waals surface area contributed by atoms with Crippen molar-refractivity contribution in [3.63, 3.8) is 0 Å². The molecule has 0 bridgehead atoms. The number of aromatic amines is 1. The van der Waals surface area contributed by atoms with Crippen molar-refractivity contribution in [2.75, 3.05) is 5.32 Å². The van der Waals surface area contributed by atoms with Crippen molar-refractivity contribution >= 4 is 28.7 Å². The number of aromatic nitrogens is 3. The van der Waals surface area contributed by atoms with Gasteiger partial charge in [-0.3, -0.25) is 4.79 Å². The highest BCUT2D eigenvalue weighted by atomic mass is 16.6. The fraction of sp³-hybridized carbons (Fsp3) is 0.310. The molecule has 1 aliphatic rings. The van der Waals surface area contributed by atoms with Crippen LogP contribution < -0.4 is 15.4 Å². The van der Waals surface area contributed by atoms with E-state index < -0.39 is 11.7 Å². The van der Waals surface area contributed by atoms with Crippen LogP contribution in [0.3, 0.4) is 0 Å². The summed E-state index contributed by atoms with van der Waals surface area (Å²) in [7, 11) is 0. The second kappa shape index (κ2) is 10.5. The van der Waals surface area contributed by atoms with Gasteiger partial charge in [0.15, 0.2) is 5.78 Å². The van der Waals surface area contributed by atoms with Gasteiger partial charge in [0.2, 0.25) is 0 Å². The van der Waals surface area contributed by atoms with Crippen LogP contribution in [0.15, 0.2) is 67.1 Å². The van der Waals surface area contributed by atoms with E-state index in [2.05, 4.69) is 25.6 Å². The number of nitrogens with one attached hydrogen (secondary N) is 3. The predicted molar refractivity (Wildman–Crippen MR) is 145 cm³/mol. The van der Waals surface area contributed by atoms with E-state index in [4.69, 9.17) is 9.47 Å². The minimum atomic E-state index is -0.542. The number of carbonyl (C=O) groups excluding carboxylic acids is 2. The summed E-state index contributed by atoms with van der Waals surface area (Å²) in [5.41, 5.74) is 1.06. The number of amides is 1. The number of fused-ring (bicyclic) bond motifs is 1. The molecule has 4 aromatic rings. The molecule has 0 spiro atoms. The van der Waals surface area contributed by atoms with Gasteiger partial charge in [0.1, 0.15) is 34.9 Å². The van der Waals surface area contributed by atoms with E-state index in [0.29, 0.717) is 33.7 Å². The number of alkyl carbamates (subject to hydrolysis) is 1. The lowest BCUT2D eigenvalue weighted by Gasteiger charge is -2.22. The average Bonchev–Trinajstić information content (AvgIpc) is 3.51. The number of anilines is 1. The van der Waals surface area contributed by atoms with E-state index in [1.807, 2.05) is 51.1 Å². The van der Waals surface area contributed by atoms with E-state index in [1.165, 1.54) is 6.33 Å². The first-order valence-electron chi connectivity index (χ1n) is 12.7. The highest BCUT2D eigenvalue weighted by Gasteiger charge is 2.29. The van der Waals surface area contributed by atoms with Crippen LogP contribution in [-0.4, -0.2) is 44.5 Å². The maximum atomic E-state index is 13.5. The average molecular weight is 514 g/mol. The molecule has 1 saturated carbocycles. The van der Waals surface area contributed by atoms with Crippen molar-refractivity contribution in [2.24, 2.45) is 0 Å². The Morgan fingerprint density at radius 3 is 2.39 bits per heavy atom. The smallest absolute Gasteiger partial charge is 0.407 e. The summed E-state index contributed by atoms with van der Waals surface area (Å²) < 4.78 is 11.2. The van der Waals surface area contributed by atoms with Crippen LogP contribution >= 0.6 is 0 Å². The summed E-state index contributed by atoms with van der Waals surface area (Å²) in [5, 5.41) is 7.06. The van der Waals surface area contributed by atoms with E-state index in [1.54, 1.807) is 30.5 Å². The Balaban J connectivity index is 1.29. The Bertz CT molecular complexity index is 1430. The molecular formula is C29H31N5O4. The highest BCUT2D eigenvalue weighted by Crippen LogP contribution is 2.30. The molecular weight excluding hydrogens is 482 g/mol. The maximum absolute atomic E-state index is 13.5. The van der Waals surface area contributed by atoms with Crippen molar-refractivity contribution in [1.82, 2.24) is 20.3 Å². The highest BCUT2D eigenvalue weighted by molar-refractivity contribution is 6.18. The summed E-state index contributed by atoms with van der Waals surface area (Å²) in [4.78, 5) is 37.5. The van der Waals surface area contributed by atoms with Crippen molar-refractivity contribution in [3.8, 4) is 11.5 Å². The number of ketones is 1. The maximum Gasteiger partial charge on any atom is 0.407 e. The van der Waals surface area contributed by atoms with Gasteiger partial charge in [-0.05, 0) is 76.4 Å². The number of hydrogen-bond donors (Lipinski definition) is 3. The molecule has 1 fully saturated rings. The number of hydrogen-bond acceptors (Lipinski definition) is 7. The van der Waals surface area contributed by atoms with Gasteiger partial charge in [0.05, 0.1) is 10.9 Å². The molecule has 0 unspecified atom stereocenters. The molecule has 3 N–H and O–H groups in total. The van der Waals surface area contributed by atoms with Gasteiger partial charge in [-0.15, -0.1) is 0 Å². The van der Waals surface area contributed by atoms with Crippen LogP contribution in [0.5, 0.6) is 11.5 Å². The van der Waals surface area contributed by atoms with E-state index in [-0.39, 0.29) is 17.9 Å². The summed E-state index contributed by atoms with van der Waals surface area (Å²) in [5.74, 6) is 1.82.